The normalized spacial score (nSPS) is 16.1. The van der Waals surface area contributed by atoms with Crippen molar-refractivity contribution < 1.29 is 23.9 Å². The van der Waals surface area contributed by atoms with Gasteiger partial charge in [-0.1, -0.05) is 74.5 Å². The minimum atomic E-state index is -0.929. The molecule has 1 unspecified atom stereocenters. The van der Waals surface area contributed by atoms with Gasteiger partial charge in [0.15, 0.2) is 6.23 Å². The third-order valence-electron chi connectivity index (χ3n) is 7.33. The van der Waals surface area contributed by atoms with E-state index in [0.29, 0.717) is 25.9 Å². The van der Waals surface area contributed by atoms with Crippen molar-refractivity contribution in [3.8, 4) is 0 Å². The molecule has 0 bridgehead atoms. The molecule has 2 aromatic carbocycles. The van der Waals surface area contributed by atoms with Crippen LogP contribution < -0.4 is 10.9 Å². The third kappa shape index (κ3) is 6.63. The average molecular weight is 538 g/mol. The van der Waals surface area contributed by atoms with E-state index in [-0.39, 0.29) is 12.5 Å². The number of hydrazine groups is 1. The van der Waals surface area contributed by atoms with Gasteiger partial charge in [0.2, 0.25) is 17.7 Å². The molecule has 10 heteroatoms. The van der Waals surface area contributed by atoms with E-state index in [9.17, 15) is 19.2 Å². The van der Waals surface area contributed by atoms with Crippen molar-refractivity contribution in [3.63, 3.8) is 0 Å². The fourth-order valence-electron chi connectivity index (χ4n) is 4.74. The van der Waals surface area contributed by atoms with Crippen LogP contribution in [0.25, 0.3) is 0 Å². The molecular formula is C29H39N5O5. The summed E-state index contributed by atoms with van der Waals surface area (Å²) in [5.41, 5.74) is 5.45. The van der Waals surface area contributed by atoms with E-state index in [1.165, 1.54) is 0 Å². The number of benzene rings is 2. The molecular weight excluding hydrogens is 498 g/mol. The molecule has 2 aromatic rings. The first-order valence-electron chi connectivity index (χ1n) is 13.2. The van der Waals surface area contributed by atoms with Gasteiger partial charge in [-0.3, -0.25) is 19.8 Å². The Morgan fingerprint density at radius 3 is 1.92 bits per heavy atom. The zero-order chi connectivity index (χ0) is 28.6. The fourth-order valence-corrected chi connectivity index (χ4v) is 4.74. The van der Waals surface area contributed by atoms with Crippen LogP contribution in [0, 0.1) is 5.41 Å². The van der Waals surface area contributed by atoms with Gasteiger partial charge in [0.1, 0.15) is 6.61 Å². The van der Waals surface area contributed by atoms with Crippen molar-refractivity contribution in [1.29, 1.82) is 0 Å². The number of likely N-dealkylation sites (tertiary alicyclic amines) is 1. The van der Waals surface area contributed by atoms with E-state index in [0.717, 1.165) is 16.0 Å². The number of carbonyl (C=O) groups excluding carboxylic acids is 4. The standard InChI is InChI=1S/C29H39N5O5/c1-6-29(7-2)26(37)34(27(29)39-20-23(35)33(5)19-18-32(3)4)28(38)31-30-25(36)24(21-14-10-8-11-15-21)22-16-12-9-13-17-22/h8-17,24,27H,6-7,18-20H2,1-5H3,(H,30,36)(H,31,38). The second kappa shape index (κ2) is 13.3. The summed E-state index contributed by atoms with van der Waals surface area (Å²) in [7, 11) is 5.52. The zero-order valence-corrected chi connectivity index (χ0v) is 23.3. The number of amides is 5. The van der Waals surface area contributed by atoms with Crippen molar-refractivity contribution in [1.82, 2.24) is 25.6 Å². The molecule has 10 nitrogen and oxygen atoms in total. The highest BCUT2D eigenvalue weighted by Gasteiger charge is 2.62. The van der Waals surface area contributed by atoms with Crippen LogP contribution >= 0.6 is 0 Å². The highest BCUT2D eigenvalue weighted by molar-refractivity contribution is 6.04. The summed E-state index contributed by atoms with van der Waals surface area (Å²) in [4.78, 5) is 56.6. The molecule has 5 amide bonds. The molecule has 2 N–H and O–H groups in total. The Balaban J connectivity index is 1.69. The van der Waals surface area contributed by atoms with Crippen LogP contribution in [-0.2, 0) is 19.1 Å². The maximum Gasteiger partial charge on any atom is 0.344 e. The third-order valence-corrected chi connectivity index (χ3v) is 7.33. The van der Waals surface area contributed by atoms with Gasteiger partial charge in [0, 0.05) is 20.1 Å². The van der Waals surface area contributed by atoms with Crippen molar-refractivity contribution in [3.05, 3.63) is 71.8 Å². The molecule has 210 valence electrons. The van der Waals surface area contributed by atoms with Crippen molar-refractivity contribution in [2.45, 2.75) is 38.8 Å². The number of imide groups is 1. The summed E-state index contributed by atoms with van der Waals surface area (Å²) in [6.07, 6.45) is -0.0439. The van der Waals surface area contributed by atoms with Crippen molar-refractivity contribution in [2.24, 2.45) is 5.41 Å². The average Bonchev–Trinajstić information content (AvgIpc) is 2.94. The Hall–Kier alpha value is -3.76. The predicted octanol–water partition coefficient (Wildman–Crippen LogP) is 2.57. The highest BCUT2D eigenvalue weighted by Crippen LogP contribution is 2.45. The molecule has 39 heavy (non-hydrogen) atoms. The topological polar surface area (TPSA) is 111 Å². The van der Waals surface area contributed by atoms with Gasteiger partial charge >= 0.3 is 6.03 Å². The lowest BCUT2D eigenvalue weighted by Crippen LogP contribution is -2.73. The maximum atomic E-state index is 13.3. The number of nitrogens with zero attached hydrogens (tertiary/aromatic N) is 3. The van der Waals surface area contributed by atoms with Crippen LogP contribution in [0.2, 0.25) is 0 Å². The van der Waals surface area contributed by atoms with Crippen LogP contribution in [0.3, 0.4) is 0 Å². The summed E-state index contributed by atoms with van der Waals surface area (Å²) >= 11 is 0. The number of ether oxygens (including phenoxy) is 1. The molecule has 0 radical (unpaired) electrons. The van der Waals surface area contributed by atoms with Crippen LogP contribution in [0.1, 0.15) is 43.7 Å². The maximum absolute atomic E-state index is 13.3. The number of nitrogens with one attached hydrogen (secondary N) is 2. The first-order chi connectivity index (χ1) is 18.7. The van der Waals surface area contributed by atoms with E-state index < -0.39 is 35.4 Å². The molecule has 1 atom stereocenters. The van der Waals surface area contributed by atoms with Crippen LogP contribution in [0.4, 0.5) is 4.79 Å². The van der Waals surface area contributed by atoms with Crippen molar-refractivity contribution in [2.75, 3.05) is 40.8 Å². The highest BCUT2D eigenvalue weighted by atomic mass is 16.5. The van der Waals surface area contributed by atoms with Gasteiger partial charge in [-0.25, -0.2) is 15.1 Å². The smallest absolute Gasteiger partial charge is 0.344 e. The summed E-state index contributed by atoms with van der Waals surface area (Å²) in [5, 5.41) is 0. The van der Waals surface area contributed by atoms with Crippen LogP contribution in [-0.4, -0.2) is 85.5 Å². The van der Waals surface area contributed by atoms with Crippen molar-refractivity contribution >= 4 is 23.8 Å². The molecule has 3 rings (SSSR count). The molecule has 0 aromatic heterocycles. The molecule has 1 aliphatic rings. The Kier molecular flexibility index (Phi) is 10.2. The second-order valence-corrected chi connectivity index (χ2v) is 9.99. The first kappa shape index (κ1) is 29.8. The molecule has 1 aliphatic heterocycles. The summed E-state index contributed by atoms with van der Waals surface area (Å²) in [6.45, 7) is 4.64. The Morgan fingerprint density at radius 1 is 0.897 bits per heavy atom. The van der Waals surface area contributed by atoms with E-state index in [4.69, 9.17) is 4.74 Å². The SMILES string of the molecule is CCC1(CC)C(=O)N(C(=O)NNC(=O)C(c2ccccc2)c2ccccc2)C1OCC(=O)N(C)CCN(C)C. The lowest BCUT2D eigenvalue weighted by molar-refractivity contribution is -0.212. The van der Waals surface area contributed by atoms with Gasteiger partial charge in [-0.2, -0.15) is 0 Å². The number of urea groups is 1. The summed E-state index contributed by atoms with van der Waals surface area (Å²) in [5.74, 6) is -1.78. The minimum absolute atomic E-state index is 0.250. The number of likely N-dealkylation sites (N-methyl/N-ethyl adjacent to an activating group) is 2. The number of hydrogen-bond acceptors (Lipinski definition) is 6. The monoisotopic (exact) mass is 537 g/mol. The molecule has 0 aliphatic carbocycles. The Labute approximate surface area is 230 Å². The second-order valence-electron chi connectivity index (χ2n) is 9.99. The minimum Gasteiger partial charge on any atom is -0.347 e. The van der Waals surface area contributed by atoms with E-state index in [1.807, 2.05) is 93.5 Å². The van der Waals surface area contributed by atoms with E-state index >= 15 is 0 Å². The predicted molar refractivity (Wildman–Crippen MR) is 147 cm³/mol. The number of hydrogen-bond donors (Lipinski definition) is 2. The molecule has 1 saturated heterocycles. The van der Waals surface area contributed by atoms with Gasteiger partial charge in [0.25, 0.3) is 0 Å². The number of β-lactam (4-membered cyclic amide) rings is 1. The van der Waals surface area contributed by atoms with E-state index in [1.54, 1.807) is 11.9 Å². The summed E-state index contributed by atoms with van der Waals surface area (Å²) in [6, 6.07) is 17.6. The lowest BCUT2D eigenvalue weighted by Gasteiger charge is -2.53. The van der Waals surface area contributed by atoms with Crippen LogP contribution in [0.5, 0.6) is 0 Å². The Bertz CT molecular complexity index is 1100. The van der Waals surface area contributed by atoms with Gasteiger partial charge in [-0.15, -0.1) is 0 Å². The summed E-state index contributed by atoms with van der Waals surface area (Å²) < 4.78 is 5.89. The van der Waals surface area contributed by atoms with Gasteiger partial charge in [-0.05, 0) is 38.1 Å². The molecule has 1 fully saturated rings. The number of carbonyl (C=O) groups is 4. The molecule has 0 saturated carbocycles. The Morgan fingerprint density at radius 2 is 1.44 bits per heavy atom. The zero-order valence-electron chi connectivity index (χ0n) is 23.3. The molecule has 1 heterocycles. The molecule has 0 spiro atoms. The van der Waals surface area contributed by atoms with E-state index in [2.05, 4.69) is 10.9 Å². The van der Waals surface area contributed by atoms with Gasteiger partial charge in [0.05, 0.1) is 11.3 Å². The van der Waals surface area contributed by atoms with Gasteiger partial charge < -0.3 is 14.5 Å². The lowest BCUT2D eigenvalue weighted by atomic mass is 9.72. The quantitative estimate of drug-likeness (QED) is 0.337. The first-order valence-corrected chi connectivity index (χ1v) is 13.2. The fraction of sp³-hybridized carbons (Fsp3) is 0.448. The van der Waals surface area contributed by atoms with Crippen LogP contribution in [0.15, 0.2) is 60.7 Å². The number of rotatable bonds is 11. The largest absolute Gasteiger partial charge is 0.347 e.